The van der Waals surface area contributed by atoms with E-state index in [1.807, 2.05) is 55.5 Å². The summed E-state index contributed by atoms with van der Waals surface area (Å²) in [5.41, 5.74) is 9.69. The Labute approximate surface area is 187 Å². The Hall–Kier alpha value is -3.36. The molecular formula is C24H28N6O2. The number of nitrogens with one attached hydrogen (secondary N) is 2. The standard InChI is InChI=1S/C24H28N6O2/c1-16-4-2-3-5-20(16)32-18-8-6-17(7-9-18)30-23(24(25)31)22-21(28-30)19(10-11-27-22)29-14-12-26-13-15-29/h2-9,19,26-27H,10-15H2,1H3,(H2,25,31)/t19-/m0/s1. The van der Waals surface area contributed by atoms with E-state index in [0.29, 0.717) is 5.69 Å². The van der Waals surface area contributed by atoms with E-state index in [2.05, 4.69) is 15.5 Å². The van der Waals surface area contributed by atoms with Crippen molar-refractivity contribution >= 4 is 11.6 Å². The highest BCUT2D eigenvalue weighted by Gasteiger charge is 2.34. The minimum atomic E-state index is -0.493. The average molecular weight is 433 g/mol. The lowest BCUT2D eigenvalue weighted by Gasteiger charge is -2.36. The zero-order chi connectivity index (χ0) is 22.1. The minimum absolute atomic E-state index is 0.177. The molecule has 32 heavy (non-hydrogen) atoms. The van der Waals surface area contributed by atoms with Gasteiger partial charge in [0.1, 0.15) is 17.2 Å². The fourth-order valence-corrected chi connectivity index (χ4v) is 4.53. The molecule has 8 heteroatoms. The van der Waals surface area contributed by atoms with Crippen molar-refractivity contribution in [3.8, 4) is 17.2 Å². The second kappa shape index (κ2) is 8.64. The molecular weight excluding hydrogens is 404 g/mol. The summed E-state index contributed by atoms with van der Waals surface area (Å²) in [4.78, 5) is 14.9. The van der Waals surface area contributed by atoms with E-state index < -0.39 is 5.91 Å². The maximum atomic E-state index is 12.4. The number of hydrogen-bond acceptors (Lipinski definition) is 6. The number of rotatable bonds is 5. The maximum absolute atomic E-state index is 12.4. The topological polar surface area (TPSA) is 97.4 Å². The molecule has 0 aliphatic carbocycles. The number of para-hydroxylation sites is 1. The number of fused-ring (bicyclic) bond motifs is 1. The molecule has 8 nitrogen and oxygen atoms in total. The van der Waals surface area contributed by atoms with Crippen molar-refractivity contribution in [3.63, 3.8) is 0 Å². The molecule has 0 saturated carbocycles. The second-order valence-electron chi connectivity index (χ2n) is 8.26. The quantitative estimate of drug-likeness (QED) is 0.574. The number of amides is 1. The first-order chi connectivity index (χ1) is 15.6. The van der Waals surface area contributed by atoms with Gasteiger partial charge < -0.3 is 21.1 Å². The van der Waals surface area contributed by atoms with Gasteiger partial charge in [0.05, 0.1) is 17.4 Å². The van der Waals surface area contributed by atoms with E-state index in [4.69, 9.17) is 15.6 Å². The van der Waals surface area contributed by atoms with Gasteiger partial charge in [0.2, 0.25) is 0 Å². The molecule has 1 aromatic heterocycles. The summed E-state index contributed by atoms with van der Waals surface area (Å²) < 4.78 is 7.67. The van der Waals surface area contributed by atoms with Crippen molar-refractivity contribution in [2.24, 2.45) is 5.73 Å². The molecule has 4 N–H and O–H groups in total. The summed E-state index contributed by atoms with van der Waals surface area (Å²) in [6, 6.07) is 15.6. The number of nitrogens with two attached hydrogens (primary N) is 1. The first-order valence-electron chi connectivity index (χ1n) is 11.1. The number of hydrogen-bond donors (Lipinski definition) is 3. The normalized spacial score (nSPS) is 18.6. The van der Waals surface area contributed by atoms with Crippen molar-refractivity contribution in [1.29, 1.82) is 0 Å². The van der Waals surface area contributed by atoms with Gasteiger partial charge in [-0.3, -0.25) is 9.69 Å². The van der Waals surface area contributed by atoms with Gasteiger partial charge in [0, 0.05) is 32.7 Å². The van der Waals surface area contributed by atoms with Crippen LogP contribution in [0.1, 0.15) is 34.2 Å². The van der Waals surface area contributed by atoms with E-state index in [-0.39, 0.29) is 6.04 Å². The highest BCUT2D eigenvalue weighted by atomic mass is 16.5. The molecule has 5 rings (SSSR count). The Balaban J connectivity index is 1.47. The largest absolute Gasteiger partial charge is 0.457 e. The number of carbonyl (C=O) groups excluding carboxylic acids is 1. The molecule has 166 valence electrons. The van der Waals surface area contributed by atoms with Gasteiger partial charge in [-0.2, -0.15) is 5.10 Å². The van der Waals surface area contributed by atoms with Crippen LogP contribution in [0.3, 0.4) is 0 Å². The molecule has 1 amide bonds. The molecule has 0 radical (unpaired) electrons. The molecule has 0 bridgehead atoms. The summed E-state index contributed by atoms with van der Waals surface area (Å²) in [5, 5.41) is 11.6. The number of primary amides is 1. The van der Waals surface area contributed by atoms with Crippen LogP contribution in [0.4, 0.5) is 5.69 Å². The maximum Gasteiger partial charge on any atom is 0.269 e. The van der Waals surface area contributed by atoms with E-state index in [1.165, 1.54) is 0 Å². The Bertz CT molecular complexity index is 1120. The van der Waals surface area contributed by atoms with Crippen LogP contribution in [0.5, 0.6) is 11.5 Å². The van der Waals surface area contributed by atoms with E-state index in [9.17, 15) is 4.79 Å². The van der Waals surface area contributed by atoms with Gasteiger partial charge in [0.25, 0.3) is 5.91 Å². The van der Waals surface area contributed by atoms with Crippen LogP contribution >= 0.6 is 0 Å². The summed E-state index contributed by atoms with van der Waals surface area (Å²) in [6.45, 7) is 6.66. The number of piperazine rings is 1. The van der Waals surface area contributed by atoms with Crippen molar-refractivity contribution in [3.05, 3.63) is 65.5 Å². The summed E-state index contributed by atoms with van der Waals surface area (Å²) in [6.07, 6.45) is 0.950. The molecule has 3 aromatic rings. The predicted molar refractivity (Wildman–Crippen MR) is 124 cm³/mol. The van der Waals surface area contributed by atoms with Crippen LogP contribution in [-0.4, -0.2) is 53.3 Å². The number of ether oxygens (including phenoxy) is 1. The molecule has 1 saturated heterocycles. The smallest absolute Gasteiger partial charge is 0.269 e. The van der Waals surface area contributed by atoms with Gasteiger partial charge in [-0.1, -0.05) is 18.2 Å². The molecule has 2 aliphatic heterocycles. The van der Waals surface area contributed by atoms with E-state index >= 15 is 0 Å². The number of benzene rings is 2. The van der Waals surface area contributed by atoms with Gasteiger partial charge in [-0.25, -0.2) is 4.68 Å². The Kier molecular flexibility index (Phi) is 5.55. The predicted octanol–water partition coefficient (Wildman–Crippen LogP) is 2.83. The SMILES string of the molecule is Cc1ccccc1Oc1ccc(-n2nc3c(c2C(N)=O)NCC[C@@H]3N2CCNCC2)cc1. The van der Waals surface area contributed by atoms with Crippen LogP contribution in [-0.2, 0) is 0 Å². The molecule has 0 spiro atoms. The van der Waals surface area contributed by atoms with Crippen LogP contribution < -0.4 is 21.1 Å². The molecule has 2 aromatic carbocycles. The first kappa shape index (κ1) is 20.5. The lowest BCUT2D eigenvalue weighted by Crippen LogP contribution is -2.46. The van der Waals surface area contributed by atoms with Crippen molar-refractivity contribution in [1.82, 2.24) is 20.0 Å². The van der Waals surface area contributed by atoms with Crippen molar-refractivity contribution < 1.29 is 9.53 Å². The lowest BCUT2D eigenvalue weighted by atomic mass is 10.0. The number of carbonyl (C=O) groups is 1. The third kappa shape index (κ3) is 3.83. The Morgan fingerprint density at radius 2 is 1.84 bits per heavy atom. The monoisotopic (exact) mass is 432 g/mol. The molecule has 1 fully saturated rings. The van der Waals surface area contributed by atoms with Gasteiger partial charge in [0.15, 0.2) is 5.69 Å². The zero-order valence-corrected chi connectivity index (χ0v) is 18.2. The zero-order valence-electron chi connectivity index (χ0n) is 18.2. The number of nitrogens with zero attached hydrogens (tertiary/aromatic N) is 3. The van der Waals surface area contributed by atoms with E-state index in [1.54, 1.807) is 4.68 Å². The van der Waals surface area contributed by atoms with Crippen LogP contribution in [0.2, 0.25) is 0 Å². The minimum Gasteiger partial charge on any atom is -0.457 e. The summed E-state index contributed by atoms with van der Waals surface area (Å²) >= 11 is 0. The molecule has 0 unspecified atom stereocenters. The van der Waals surface area contributed by atoms with Crippen molar-refractivity contribution in [2.75, 3.05) is 38.0 Å². The average Bonchev–Trinajstić information content (AvgIpc) is 3.22. The Morgan fingerprint density at radius 3 is 2.56 bits per heavy atom. The third-order valence-corrected chi connectivity index (χ3v) is 6.18. The van der Waals surface area contributed by atoms with Crippen LogP contribution in [0.15, 0.2) is 48.5 Å². The number of anilines is 1. The van der Waals surface area contributed by atoms with Crippen molar-refractivity contribution in [2.45, 2.75) is 19.4 Å². The number of aryl methyl sites for hydroxylation is 1. The third-order valence-electron chi connectivity index (χ3n) is 6.18. The highest BCUT2D eigenvalue weighted by Crippen LogP contribution is 2.37. The van der Waals surface area contributed by atoms with E-state index in [0.717, 1.165) is 73.3 Å². The lowest BCUT2D eigenvalue weighted by molar-refractivity contribution is 0.0993. The van der Waals surface area contributed by atoms with Crippen LogP contribution in [0, 0.1) is 6.92 Å². The molecule has 2 aliphatic rings. The summed E-state index contributed by atoms with van der Waals surface area (Å²) in [7, 11) is 0. The number of aromatic nitrogens is 2. The second-order valence-corrected chi connectivity index (χ2v) is 8.26. The Morgan fingerprint density at radius 1 is 1.09 bits per heavy atom. The fourth-order valence-electron chi connectivity index (χ4n) is 4.53. The molecule has 3 heterocycles. The first-order valence-corrected chi connectivity index (χ1v) is 11.1. The molecule has 1 atom stereocenters. The van der Waals surface area contributed by atoms with Crippen LogP contribution in [0.25, 0.3) is 5.69 Å². The summed E-state index contributed by atoms with van der Waals surface area (Å²) in [5.74, 6) is 1.04. The van der Waals surface area contributed by atoms with Gasteiger partial charge in [-0.05, 0) is 49.2 Å². The highest BCUT2D eigenvalue weighted by molar-refractivity contribution is 5.98. The van der Waals surface area contributed by atoms with Gasteiger partial charge >= 0.3 is 0 Å². The van der Waals surface area contributed by atoms with Gasteiger partial charge in [-0.15, -0.1) is 0 Å². The fraction of sp³-hybridized carbons (Fsp3) is 0.333.